The largest absolute Gasteiger partial charge is 0.307 e. The Morgan fingerprint density at radius 3 is 2.20 bits per heavy atom. The predicted octanol–water partition coefficient (Wildman–Crippen LogP) is 4.42. The molecule has 0 N–H and O–H groups in total. The molecular weight excluding hydrogens is 293 g/mol. The normalized spacial score (nSPS) is 10.3. The van der Waals surface area contributed by atoms with Crippen molar-refractivity contribution in [2.24, 2.45) is 0 Å². The molecule has 0 saturated heterocycles. The first-order chi connectivity index (χ1) is 9.60. The van der Waals surface area contributed by atoms with Crippen LogP contribution < -0.4 is 4.90 Å². The highest BCUT2D eigenvalue weighted by Gasteiger charge is 2.15. The van der Waals surface area contributed by atoms with Crippen LogP contribution in [-0.2, 0) is 11.3 Å². The first-order valence-electron chi connectivity index (χ1n) is 6.27. The third kappa shape index (κ3) is 3.75. The summed E-state index contributed by atoms with van der Waals surface area (Å²) in [6, 6.07) is 15.3. The molecule has 0 atom stereocenters. The summed E-state index contributed by atoms with van der Waals surface area (Å²) in [5, 5.41) is 0.641. The first kappa shape index (κ1) is 14.9. The number of aryl methyl sites for hydroxylation is 1. The minimum Gasteiger partial charge on any atom is -0.307 e. The molecule has 0 radical (unpaired) electrons. The number of carbonyl (C=O) groups excluding carboxylic acids is 1. The summed E-state index contributed by atoms with van der Waals surface area (Å²) in [6.45, 7) is 2.53. The number of halogens is 2. The van der Waals surface area contributed by atoms with Crippen molar-refractivity contribution in [1.29, 1.82) is 0 Å². The zero-order valence-electron chi connectivity index (χ0n) is 11.1. The number of carbonyl (C=O) groups is 1. The maximum atomic E-state index is 12.0. The zero-order chi connectivity index (χ0) is 14.5. The molecule has 0 aromatic heterocycles. The van der Waals surface area contributed by atoms with Gasteiger partial charge in [0.1, 0.15) is 5.88 Å². The fourth-order valence-electron chi connectivity index (χ4n) is 1.89. The number of amides is 1. The molecule has 0 aliphatic rings. The van der Waals surface area contributed by atoms with Gasteiger partial charge in [-0.1, -0.05) is 41.4 Å². The van der Waals surface area contributed by atoms with Crippen molar-refractivity contribution >= 4 is 34.8 Å². The number of anilines is 1. The summed E-state index contributed by atoms with van der Waals surface area (Å²) in [7, 11) is 0. The van der Waals surface area contributed by atoms with Gasteiger partial charge in [0.15, 0.2) is 0 Å². The molecule has 1 amide bonds. The van der Waals surface area contributed by atoms with Crippen LogP contribution in [0.5, 0.6) is 0 Å². The molecule has 0 heterocycles. The van der Waals surface area contributed by atoms with Crippen LogP contribution in [0.2, 0.25) is 5.02 Å². The quantitative estimate of drug-likeness (QED) is 0.766. The van der Waals surface area contributed by atoms with Crippen molar-refractivity contribution < 1.29 is 4.79 Å². The molecule has 104 valence electrons. The Morgan fingerprint density at radius 1 is 1.05 bits per heavy atom. The number of alkyl halides is 1. The zero-order valence-corrected chi connectivity index (χ0v) is 12.7. The van der Waals surface area contributed by atoms with Gasteiger partial charge in [-0.3, -0.25) is 4.79 Å². The maximum Gasteiger partial charge on any atom is 0.242 e. The van der Waals surface area contributed by atoms with E-state index in [0.29, 0.717) is 11.6 Å². The number of rotatable bonds is 4. The molecule has 4 heteroatoms. The van der Waals surface area contributed by atoms with E-state index in [1.54, 1.807) is 17.0 Å². The molecule has 2 rings (SSSR count). The van der Waals surface area contributed by atoms with Crippen molar-refractivity contribution in [2.45, 2.75) is 13.5 Å². The lowest BCUT2D eigenvalue weighted by atomic mass is 10.1. The molecule has 0 fully saturated rings. The highest BCUT2D eigenvalue weighted by atomic mass is 35.5. The average molecular weight is 308 g/mol. The Hall–Kier alpha value is -1.51. The fraction of sp³-hybridized carbons (Fsp3) is 0.188. The standard InChI is InChI=1S/C16H15Cl2NO/c1-12-2-4-13(5-3-12)11-19(16(20)10-17)15-8-6-14(18)7-9-15/h2-9H,10-11H2,1H3. The number of hydrogen-bond donors (Lipinski definition) is 0. The van der Waals surface area contributed by atoms with E-state index >= 15 is 0 Å². The summed E-state index contributed by atoms with van der Waals surface area (Å²) < 4.78 is 0. The van der Waals surface area contributed by atoms with Gasteiger partial charge in [0.25, 0.3) is 0 Å². The van der Waals surface area contributed by atoms with Crippen LogP contribution in [0.1, 0.15) is 11.1 Å². The van der Waals surface area contributed by atoms with Crippen LogP contribution in [0.15, 0.2) is 48.5 Å². The van der Waals surface area contributed by atoms with Crippen molar-refractivity contribution in [2.75, 3.05) is 10.8 Å². The van der Waals surface area contributed by atoms with E-state index in [2.05, 4.69) is 0 Å². The molecule has 0 bridgehead atoms. The number of nitrogens with zero attached hydrogens (tertiary/aromatic N) is 1. The monoisotopic (exact) mass is 307 g/mol. The molecule has 2 aromatic carbocycles. The van der Waals surface area contributed by atoms with Crippen LogP contribution >= 0.6 is 23.2 Å². The second-order valence-electron chi connectivity index (χ2n) is 4.58. The van der Waals surface area contributed by atoms with Crippen LogP contribution in [0, 0.1) is 6.92 Å². The van der Waals surface area contributed by atoms with Crippen LogP contribution in [0.25, 0.3) is 0 Å². The van der Waals surface area contributed by atoms with Crippen molar-refractivity contribution in [1.82, 2.24) is 0 Å². The number of hydrogen-bond acceptors (Lipinski definition) is 1. The van der Waals surface area contributed by atoms with Gasteiger partial charge in [-0.2, -0.15) is 0 Å². The molecule has 0 aliphatic carbocycles. The predicted molar refractivity (Wildman–Crippen MR) is 84.5 cm³/mol. The van der Waals surface area contributed by atoms with Gasteiger partial charge in [-0.05, 0) is 36.8 Å². The van der Waals surface area contributed by atoms with Gasteiger partial charge in [0, 0.05) is 10.7 Å². The van der Waals surface area contributed by atoms with E-state index < -0.39 is 0 Å². The van der Waals surface area contributed by atoms with E-state index in [1.165, 1.54) is 5.56 Å². The Bertz CT molecular complexity index is 578. The smallest absolute Gasteiger partial charge is 0.242 e. The second kappa shape index (κ2) is 6.78. The molecule has 0 aliphatic heterocycles. The summed E-state index contributed by atoms with van der Waals surface area (Å²) in [5.41, 5.74) is 3.04. The Morgan fingerprint density at radius 2 is 1.65 bits per heavy atom. The lowest BCUT2D eigenvalue weighted by molar-refractivity contribution is -0.116. The minimum atomic E-state index is -0.130. The highest BCUT2D eigenvalue weighted by Crippen LogP contribution is 2.21. The summed E-state index contributed by atoms with van der Waals surface area (Å²) in [5.74, 6) is -0.177. The van der Waals surface area contributed by atoms with Crippen molar-refractivity contribution in [3.05, 3.63) is 64.7 Å². The fourth-order valence-corrected chi connectivity index (χ4v) is 2.16. The van der Waals surface area contributed by atoms with E-state index in [1.807, 2.05) is 43.3 Å². The summed E-state index contributed by atoms with van der Waals surface area (Å²) in [6.07, 6.45) is 0. The van der Waals surface area contributed by atoms with Gasteiger partial charge < -0.3 is 4.90 Å². The Kier molecular flexibility index (Phi) is 5.05. The lowest BCUT2D eigenvalue weighted by Crippen LogP contribution is -2.31. The molecule has 0 saturated carbocycles. The molecule has 20 heavy (non-hydrogen) atoms. The van der Waals surface area contributed by atoms with Crippen molar-refractivity contribution in [3.63, 3.8) is 0 Å². The van der Waals surface area contributed by atoms with E-state index in [0.717, 1.165) is 11.3 Å². The van der Waals surface area contributed by atoms with Gasteiger partial charge >= 0.3 is 0 Å². The molecule has 0 unspecified atom stereocenters. The Labute approximate surface area is 128 Å². The summed E-state index contributed by atoms with van der Waals surface area (Å²) in [4.78, 5) is 13.7. The maximum absolute atomic E-state index is 12.0. The van der Waals surface area contributed by atoms with Crippen molar-refractivity contribution in [3.8, 4) is 0 Å². The highest BCUT2D eigenvalue weighted by molar-refractivity contribution is 6.31. The topological polar surface area (TPSA) is 20.3 Å². The number of benzene rings is 2. The van der Waals surface area contributed by atoms with Crippen LogP contribution in [0.4, 0.5) is 5.69 Å². The molecule has 2 aromatic rings. The molecule has 0 spiro atoms. The molecule has 2 nitrogen and oxygen atoms in total. The van der Waals surface area contributed by atoms with Gasteiger partial charge in [0.2, 0.25) is 5.91 Å². The first-order valence-corrected chi connectivity index (χ1v) is 7.19. The second-order valence-corrected chi connectivity index (χ2v) is 5.28. The third-order valence-electron chi connectivity index (χ3n) is 3.01. The van der Waals surface area contributed by atoms with E-state index in [-0.39, 0.29) is 11.8 Å². The van der Waals surface area contributed by atoms with Gasteiger partial charge in [-0.25, -0.2) is 0 Å². The van der Waals surface area contributed by atoms with Gasteiger partial charge in [0.05, 0.1) is 6.54 Å². The van der Waals surface area contributed by atoms with Crippen LogP contribution in [0.3, 0.4) is 0 Å². The average Bonchev–Trinajstić information content (AvgIpc) is 2.47. The third-order valence-corrected chi connectivity index (χ3v) is 3.50. The Balaban J connectivity index is 2.26. The summed E-state index contributed by atoms with van der Waals surface area (Å²) >= 11 is 11.6. The molecular formula is C16H15Cl2NO. The van der Waals surface area contributed by atoms with Crippen LogP contribution in [-0.4, -0.2) is 11.8 Å². The van der Waals surface area contributed by atoms with E-state index in [9.17, 15) is 4.79 Å². The van der Waals surface area contributed by atoms with E-state index in [4.69, 9.17) is 23.2 Å². The SMILES string of the molecule is Cc1ccc(CN(C(=O)CCl)c2ccc(Cl)cc2)cc1. The van der Waals surface area contributed by atoms with Gasteiger partial charge in [-0.15, -0.1) is 11.6 Å². The lowest BCUT2D eigenvalue weighted by Gasteiger charge is -2.22. The minimum absolute atomic E-state index is 0.0471.